The van der Waals surface area contributed by atoms with Crippen LogP contribution in [0.1, 0.15) is 26.7 Å². The molecular weight excluding hydrogens is 192 g/mol. The van der Waals surface area contributed by atoms with Gasteiger partial charge in [-0.05, 0) is 20.3 Å². The molecule has 1 rings (SSSR count). The Hall–Kier alpha value is -0.130. The summed E-state index contributed by atoms with van der Waals surface area (Å²) in [5.74, 6) is 0. The molecule has 0 unspecified atom stereocenters. The average Bonchev–Trinajstić information content (AvgIpc) is 1.79. The third kappa shape index (κ3) is 4.06. The summed E-state index contributed by atoms with van der Waals surface area (Å²) < 4.78 is 32.0. The fourth-order valence-corrected chi connectivity index (χ4v) is 2.16. The van der Waals surface area contributed by atoms with Crippen LogP contribution in [0.25, 0.3) is 0 Å². The van der Waals surface area contributed by atoms with Crippen LogP contribution in [0.3, 0.4) is 0 Å². The van der Waals surface area contributed by atoms with E-state index in [0.717, 1.165) is 6.26 Å². The summed E-state index contributed by atoms with van der Waals surface area (Å²) in [7, 11) is -3.33. The highest BCUT2D eigenvalue weighted by atomic mass is 32.2. The van der Waals surface area contributed by atoms with Crippen molar-refractivity contribution in [2.45, 2.75) is 38.4 Å². The van der Waals surface area contributed by atoms with Crippen molar-refractivity contribution in [3.05, 3.63) is 0 Å². The Morgan fingerprint density at radius 1 is 1.46 bits per heavy atom. The van der Waals surface area contributed by atoms with E-state index in [1.54, 1.807) is 0 Å². The van der Waals surface area contributed by atoms with Crippen LogP contribution in [-0.2, 0) is 19.0 Å². The van der Waals surface area contributed by atoms with Crippen molar-refractivity contribution in [2.24, 2.45) is 0 Å². The molecule has 0 bridgehead atoms. The van der Waals surface area contributed by atoms with Gasteiger partial charge in [0.15, 0.2) is 0 Å². The van der Waals surface area contributed by atoms with Crippen molar-refractivity contribution in [2.75, 3.05) is 12.9 Å². The van der Waals surface area contributed by atoms with Crippen LogP contribution in [0.15, 0.2) is 0 Å². The normalized spacial score (nSPS) is 28.7. The maximum atomic E-state index is 10.8. The first-order valence-electron chi connectivity index (χ1n) is 4.31. The monoisotopic (exact) mass is 208 g/mol. The van der Waals surface area contributed by atoms with E-state index in [1.807, 2.05) is 13.8 Å². The van der Waals surface area contributed by atoms with E-state index in [0.29, 0.717) is 19.4 Å². The predicted molar refractivity (Wildman–Crippen MR) is 49.0 cm³/mol. The van der Waals surface area contributed by atoms with Crippen LogP contribution < -0.4 is 0 Å². The SMILES string of the molecule is CC1(C)C[C@H](OS(C)(=O)=O)CCO1. The molecule has 1 aliphatic rings. The number of hydrogen-bond acceptors (Lipinski definition) is 4. The summed E-state index contributed by atoms with van der Waals surface area (Å²) in [6.45, 7) is 4.43. The van der Waals surface area contributed by atoms with E-state index < -0.39 is 10.1 Å². The van der Waals surface area contributed by atoms with Gasteiger partial charge >= 0.3 is 0 Å². The van der Waals surface area contributed by atoms with Gasteiger partial charge in [0.25, 0.3) is 10.1 Å². The molecule has 1 fully saturated rings. The third-order valence-corrected chi connectivity index (χ3v) is 2.58. The molecule has 0 aliphatic carbocycles. The van der Waals surface area contributed by atoms with Crippen LogP contribution in [0.5, 0.6) is 0 Å². The second-order valence-corrected chi connectivity index (χ2v) is 5.62. The first kappa shape index (κ1) is 10.9. The van der Waals surface area contributed by atoms with Gasteiger partial charge in [-0.3, -0.25) is 4.18 Å². The molecule has 78 valence electrons. The lowest BCUT2D eigenvalue weighted by Gasteiger charge is -2.34. The quantitative estimate of drug-likeness (QED) is 0.633. The highest BCUT2D eigenvalue weighted by Gasteiger charge is 2.31. The Bertz CT molecular complexity index is 268. The summed E-state index contributed by atoms with van der Waals surface area (Å²) in [6.07, 6.45) is 2.13. The van der Waals surface area contributed by atoms with Gasteiger partial charge in [-0.2, -0.15) is 8.42 Å². The van der Waals surface area contributed by atoms with Gasteiger partial charge in [-0.15, -0.1) is 0 Å². The fourth-order valence-electron chi connectivity index (χ4n) is 1.51. The zero-order valence-corrected chi connectivity index (χ0v) is 9.06. The first-order chi connectivity index (χ1) is 5.79. The van der Waals surface area contributed by atoms with Crippen LogP contribution in [0.4, 0.5) is 0 Å². The van der Waals surface area contributed by atoms with E-state index in [4.69, 9.17) is 8.92 Å². The maximum absolute atomic E-state index is 10.8. The Labute approximate surface area is 79.3 Å². The Balaban J connectivity index is 2.53. The lowest BCUT2D eigenvalue weighted by molar-refractivity contribution is -0.0882. The zero-order valence-electron chi connectivity index (χ0n) is 8.24. The molecule has 1 heterocycles. The second-order valence-electron chi connectivity index (χ2n) is 4.02. The van der Waals surface area contributed by atoms with Crippen molar-refractivity contribution in [1.29, 1.82) is 0 Å². The standard InChI is InChI=1S/C8H16O4S/c1-8(2)6-7(4-5-11-8)12-13(3,9)10/h7H,4-6H2,1-3H3/t7-/m1/s1. The Morgan fingerprint density at radius 2 is 2.08 bits per heavy atom. The van der Waals surface area contributed by atoms with Gasteiger partial charge in [0.2, 0.25) is 0 Å². The van der Waals surface area contributed by atoms with Crippen molar-refractivity contribution in [3.63, 3.8) is 0 Å². The molecule has 13 heavy (non-hydrogen) atoms. The van der Waals surface area contributed by atoms with Crippen LogP contribution in [0, 0.1) is 0 Å². The summed E-state index contributed by atoms with van der Waals surface area (Å²) in [5, 5.41) is 0. The molecule has 1 atom stereocenters. The molecule has 0 saturated carbocycles. The van der Waals surface area contributed by atoms with Crippen LogP contribution >= 0.6 is 0 Å². The Morgan fingerprint density at radius 3 is 2.54 bits per heavy atom. The second kappa shape index (κ2) is 3.55. The van der Waals surface area contributed by atoms with Crippen LogP contribution in [0.2, 0.25) is 0 Å². The number of ether oxygens (including phenoxy) is 1. The minimum Gasteiger partial charge on any atom is -0.375 e. The van der Waals surface area contributed by atoms with E-state index in [1.165, 1.54) is 0 Å². The highest BCUT2D eigenvalue weighted by molar-refractivity contribution is 7.86. The molecule has 0 radical (unpaired) electrons. The molecular formula is C8H16O4S. The number of rotatable bonds is 2. The van der Waals surface area contributed by atoms with Gasteiger partial charge in [0, 0.05) is 13.0 Å². The van der Waals surface area contributed by atoms with Crippen molar-refractivity contribution in [3.8, 4) is 0 Å². The van der Waals surface area contributed by atoms with Gasteiger partial charge in [-0.25, -0.2) is 0 Å². The summed E-state index contributed by atoms with van der Waals surface area (Å²) in [6, 6.07) is 0. The molecule has 0 aromatic carbocycles. The van der Waals surface area contributed by atoms with E-state index in [9.17, 15) is 8.42 Å². The zero-order chi connectivity index (χ0) is 10.1. The smallest absolute Gasteiger partial charge is 0.264 e. The molecule has 1 aliphatic heterocycles. The third-order valence-electron chi connectivity index (χ3n) is 1.96. The van der Waals surface area contributed by atoms with Gasteiger partial charge in [-0.1, -0.05) is 0 Å². The molecule has 5 heteroatoms. The van der Waals surface area contributed by atoms with Crippen LogP contribution in [-0.4, -0.2) is 33.0 Å². The topological polar surface area (TPSA) is 52.6 Å². The summed E-state index contributed by atoms with van der Waals surface area (Å²) >= 11 is 0. The van der Waals surface area contributed by atoms with Gasteiger partial charge in [0.1, 0.15) is 0 Å². The van der Waals surface area contributed by atoms with Crippen molar-refractivity contribution >= 4 is 10.1 Å². The van der Waals surface area contributed by atoms with Crippen molar-refractivity contribution < 1.29 is 17.3 Å². The lowest BCUT2D eigenvalue weighted by Crippen LogP contribution is -2.38. The summed E-state index contributed by atoms with van der Waals surface area (Å²) in [4.78, 5) is 0. The lowest BCUT2D eigenvalue weighted by atomic mass is 9.96. The fraction of sp³-hybridized carbons (Fsp3) is 1.00. The summed E-state index contributed by atoms with van der Waals surface area (Å²) in [5.41, 5.74) is -0.270. The average molecular weight is 208 g/mol. The van der Waals surface area contributed by atoms with Gasteiger partial charge < -0.3 is 4.74 Å². The predicted octanol–water partition coefficient (Wildman–Crippen LogP) is 0.920. The highest BCUT2D eigenvalue weighted by Crippen LogP contribution is 2.26. The van der Waals surface area contributed by atoms with E-state index >= 15 is 0 Å². The van der Waals surface area contributed by atoms with Crippen molar-refractivity contribution in [1.82, 2.24) is 0 Å². The molecule has 4 nitrogen and oxygen atoms in total. The molecule has 0 aromatic heterocycles. The maximum Gasteiger partial charge on any atom is 0.264 e. The largest absolute Gasteiger partial charge is 0.375 e. The van der Waals surface area contributed by atoms with Gasteiger partial charge in [0.05, 0.1) is 18.0 Å². The molecule has 0 aromatic rings. The van der Waals surface area contributed by atoms with E-state index in [2.05, 4.69) is 0 Å². The Kier molecular flexibility index (Phi) is 2.99. The first-order valence-corrected chi connectivity index (χ1v) is 6.12. The minimum absolute atomic E-state index is 0.223. The van der Waals surface area contributed by atoms with E-state index in [-0.39, 0.29) is 11.7 Å². The molecule has 0 spiro atoms. The molecule has 1 saturated heterocycles. The number of hydrogen-bond donors (Lipinski definition) is 0. The molecule has 0 N–H and O–H groups in total. The molecule has 0 amide bonds. The minimum atomic E-state index is -3.33.